The molecule has 1 fully saturated rings. The van der Waals surface area contributed by atoms with Crippen LogP contribution < -0.4 is 9.47 Å². The van der Waals surface area contributed by atoms with Crippen molar-refractivity contribution in [3.63, 3.8) is 0 Å². The van der Waals surface area contributed by atoms with Crippen LogP contribution in [0, 0.1) is 0 Å². The van der Waals surface area contributed by atoms with E-state index in [1.165, 1.54) is 5.56 Å². The van der Waals surface area contributed by atoms with Crippen molar-refractivity contribution in [1.82, 2.24) is 15.0 Å². The van der Waals surface area contributed by atoms with Gasteiger partial charge in [-0.3, -0.25) is 4.90 Å². The second kappa shape index (κ2) is 7.04. The van der Waals surface area contributed by atoms with Gasteiger partial charge in [-0.05, 0) is 37.1 Å². The largest absolute Gasteiger partial charge is 0.486 e. The molecule has 0 N–H and O–H groups in total. The van der Waals surface area contributed by atoms with Gasteiger partial charge in [-0.25, -0.2) is 0 Å². The molecule has 6 nitrogen and oxygen atoms in total. The predicted molar refractivity (Wildman–Crippen MR) is 99.6 cm³/mol. The molecule has 0 aliphatic carbocycles. The number of ether oxygens (including phenoxy) is 2. The Hall–Kier alpha value is -2.86. The summed E-state index contributed by atoms with van der Waals surface area (Å²) >= 11 is 0. The first kappa shape index (κ1) is 16.3. The fraction of sp³-hybridized carbons (Fsp3) is 0.333. The van der Waals surface area contributed by atoms with Crippen LogP contribution in [0.3, 0.4) is 0 Å². The van der Waals surface area contributed by atoms with Crippen molar-refractivity contribution in [2.75, 3.05) is 19.8 Å². The van der Waals surface area contributed by atoms with Crippen molar-refractivity contribution in [2.45, 2.75) is 25.4 Å². The lowest BCUT2D eigenvalue weighted by Gasteiger charge is -2.25. The maximum atomic E-state index is 5.75. The summed E-state index contributed by atoms with van der Waals surface area (Å²) in [5.41, 5.74) is 2.22. The van der Waals surface area contributed by atoms with Gasteiger partial charge in [0.15, 0.2) is 11.5 Å². The summed E-state index contributed by atoms with van der Waals surface area (Å²) in [4.78, 5) is 6.97. The molecule has 6 heteroatoms. The van der Waals surface area contributed by atoms with Gasteiger partial charge in [0.05, 0.1) is 6.54 Å². The fourth-order valence-corrected chi connectivity index (χ4v) is 3.86. The highest BCUT2D eigenvalue weighted by Crippen LogP contribution is 2.38. The predicted octanol–water partition coefficient (Wildman–Crippen LogP) is 3.84. The van der Waals surface area contributed by atoms with E-state index in [9.17, 15) is 0 Å². The molecule has 1 aromatic heterocycles. The maximum Gasteiger partial charge on any atom is 0.241 e. The third-order valence-corrected chi connectivity index (χ3v) is 5.15. The van der Waals surface area contributed by atoms with Gasteiger partial charge in [-0.15, -0.1) is 0 Å². The van der Waals surface area contributed by atoms with Gasteiger partial charge >= 0.3 is 0 Å². The summed E-state index contributed by atoms with van der Waals surface area (Å²) in [6.07, 6.45) is 2.26. The fourth-order valence-electron chi connectivity index (χ4n) is 3.86. The van der Waals surface area contributed by atoms with Crippen molar-refractivity contribution in [3.05, 3.63) is 60.0 Å². The van der Waals surface area contributed by atoms with E-state index in [-0.39, 0.29) is 0 Å². The SMILES string of the molecule is c1ccc(-c2noc(CN3CCC[C@@H]3c3ccc4c(c3)OCCO4)n2)cc1. The van der Waals surface area contributed by atoms with Crippen molar-refractivity contribution in [2.24, 2.45) is 0 Å². The molecule has 0 radical (unpaired) electrons. The van der Waals surface area contributed by atoms with Crippen LogP contribution >= 0.6 is 0 Å². The Morgan fingerprint density at radius 2 is 1.85 bits per heavy atom. The molecule has 0 amide bonds. The summed E-state index contributed by atoms with van der Waals surface area (Å²) in [7, 11) is 0. The molecule has 0 bridgehead atoms. The van der Waals surface area contributed by atoms with E-state index in [1.807, 2.05) is 36.4 Å². The zero-order valence-electron chi connectivity index (χ0n) is 15.0. The van der Waals surface area contributed by atoms with Crippen molar-refractivity contribution in [3.8, 4) is 22.9 Å². The molecule has 0 spiro atoms. The number of aromatic nitrogens is 2. The van der Waals surface area contributed by atoms with Crippen LogP contribution in [-0.2, 0) is 6.54 Å². The van der Waals surface area contributed by atoms with Crippen LogP contribution in [0.25, 0.3) is 11.4 Å². The highest BCUT2D eigenvalue weighted by atomic mass is 16.6. The van der Waals surface area contributed by atoms with Crippen molar-refractivity contribution >= 4 is 0 Å². The van der Waals surface area contributed by atoms with E-state index >= 15 is 0 Å². The van der Waals surface area contributed by atoms with E-state index < -0.39 is 0 Å². The first-order valence-electron chi connectivity index (χ1n) is 9.38. The van der Waals surface area contributed by atoms with Crippen LogP contribution in [0.5, 0.6) is 11.5 Å². The number of hydrogen-bond acceptors (Lipinski definition) is 6. The number of benzene rings is 2. The molecular weight excluding hydrogens is 342 g/mol. The number of rotatable bonds is 4. The van der Waals surface area contributed by atoms with Gasteiger partial charge < -0.3 is 14.0 Å². The summed E-state index contributed by atoms with van der Waals surface area (Å²) in [6, 6.07) is 16.5. The summed E-state index contributed by atoms with van der Waals surface area (Å²) in [5, 5.41) is 4.13. The lowest BCUT2D eigenvalue weighted by molar-refractivity contribution is 0.170. The molecule has 0 unspecified atom stereocenters. The molecule has 3 heterocycles. The van der Waals surface area contributed by atoms with Crippen LogP contribution in [0.1, 0.15) is 30.3 Å². The summed E-state index contributed by atoms with van der Waals surface area (Å²) in [5.74, 6) is 2.97. The molecule has 3 aromatic rings. The van der Waals surface area contributed by atoms with Crippen LogP contribution in [-0.4, -0.2) is 34.8 Å². The van der Waals surface area contributed by atoms with E-state index in [4.69, 9.17) is 14.0 Å². The van der Waals surface area contributed by atoms with Gasteiger partial charge in [0.2, 0.25) is 11.7 Å². The van der Waals surface area contributed by atoms with Crippen LogP contribution in [0.2, 0.25) is 0 Å². The Morgan fingerprint density at radius 1 is 1.00 bits per heavy atom. The van der Waals surface area contributed by atoms with Gasteiger partial charge in [0, 0.05) is 11.6 Å². The smallest absolute Gasteiger partial charge is 0.241 e. The highest BCUT2D eigenvalue weighted by Gasteiger charge is 2.28. The number of likely N-dealkylation sites (tertiary alicyclic amines) is 1. The molecule has 2 aliphatic rings. The first-order chi connectivity index (χ1) is 13.4. The van der Waals surface area contributed by atoms with E-state index in [2.05, 4.69) is 27.2 Å². The Labute approximate surface area is 157 Å². The summed E-state index contributed by atoms with van der Waals surface area (Å²) < 4.78 is 16.9. The lowest BCUT2D eigenvalue weighted by Crippen LogP contribution is -2.23. The Balaban J connectivity index is 1.34. The Kier molecular flexibility index (Phi) is 4.26. The number of hydrogen-bond donors (Lipinski definition) is 0. The average Bonchev–Trinajstić information content (AvgIpc) is 3.38. The zero-order valence-corrected chi connectivity index (χ0v) is 15.0. The maximum absolute atomic E-state index is 5.75. The minimum atomic E-state index is 0.327. The summed E-state index contributed by atoms with van der Waals surface area (Å²) in [6.45, 7) is 2.89. The highest BCUT2D eigenvalue weighted by molar-refractivity contribution is 5.53. The normalized spacial score (nSPS) is 19.3. The zero-order chi connectivity index (χ0) is 18.1. The van der Waals surface area contributed by atoms with Crippen molar-refractivity contribution in [1.29, 1.82) is 0 Å². The molecule has 138 valence electrons. The molecule has 1 saturated heterocycles. The first-order valence-corrected chi connectivity index (χ1v) is 9.38. The number of nitrogens with zero attached hydrogens (tertiary/aromatic N) is 3. The molecule has 5 rings (SSSR count). The van der Waals surface area contributed by atoms with E-state index in [1.54, 1.807) is 0 Å². The molecule has 2 aliphatic heterocycles. The molecule has 0 saturated carbocycles. The van der Waals surface area contributed by atoms with E-state index in [0.29, 0.717) is 37.5 Å². The topological polar surface area (TPSA) is 60.6 Å². The van der Waals surface area contributed by atoms with E-state index in [0.717, 1.165) is 36.4 Å². The van der Waals surface area contributed by atoms with Gasteiger partial charge in [0.25, 0.3) is 0 Å². The van der Waals surface area contributed by atoms with Gasteiger partial charge in [-0.1, -0.05) is 41.6 Å². The third kappa shape index (κ3) is 3.28. The molecule has 27 heavy (non-hydrogen) atoms. The quantitative estimate of drug-likeness (QED) is 0.702. The van der Waals surface area contributed by atoms with Crippen LogP contribution in [0.4, 0.5) is 0 Å². The molecule has 2 aromatic carbocycles. The molecule has 1 atom stereocenters. The Bertz CT molecular complexity index is 925. The second-order valence-corrected chi connectivity index (χ2v) is 6.91. The minimum Gasteiger partial charge on any atom is -0.486 e. The van der Waals surface area contributed by atoms with Gasteiger partial charge in [0.1, 0.15) is 13.2 Å². The van der Waals surface area contributed by atoms with Gasteiger partial charge in [-0.2, -0.15) is 4.98 Å². The lowest BCUT2D eigenvalue weighted by atomic mass is 10.0. The molecular formula is C21H21N3O3. The van der Waals surface area contributed by atoms with Crippen molar-refractivity contribution < 1.29 is 14.0 Å². The average molecular weight is 363 g/mol. The standard InChI is InChI=1S/C21H21N3O3/c1-2-5-15(6-3-1)21-22-20(27-23-21)14-24-10-4-7-17(24)16-8-9-18-19(13-16)26-12-11-25-18/h1-3,5-6,8-9,13,17H,4,7,10-12,14H2/t17-/m1/s1. The second-order valence-electron chi connectivity index (χ2n) is 6.91. The third-order valence-electron chi connectivity index (χ3n) is 5.15. The minimum absolute atomic E-state index is 0.327. The number of fused-ring (bicyclic) bond motifs is 1. The van der Waals surface area contributed by atoms with Crippen LogP contribution in [0.15, 0.2) is 53.1 Å². The monoisotopic (exact) mass is 363 g/mol. The Morgan fingerprint density at radius 3 is 2.74 bits per heavy atom.